The SMILES string of the molecule is CC1CCCNC1C(=O)OC1CCOCC1. The summed E-state index contributed by atoms with van der Waals surface area (Å²) in [6.07, 6.45) is 4.01. The maximum absolute atomic E-state index is 12.0. The molecule has 1 N–H and O–H groups in total. The Morgan fingerprint density at radius 2 is 2.06 bits per heavy atom. The van der Waals surface area contributed by atoms with E-state index >= 15 is 0 Å². The summed E-state index contributed by atoms with van der Waals surface area (Å²) >= 11 is 0. The van der Waals surface area contributed by atoms with Gasteiger partial charge in [0.05, 0.1) is 13.2 Å². The van der Waals surface area contributed by atoms with E-state index in [-0.39, 0.29) is 18.1 Å². The summed E-state index contributed by atoms with van der Waals surface area (Å²) < 4.78 is 10.8. The molecule has 2 aliphatic heterocycles. The van der Waals surface area contributed by atoms with Crippen LogP contribution in [0.25, 0.3) is 0 Å². The lowest BCUT2D eigenvalue weighted by molar-refractivity contribution is -0.157. The maximum atomic E-state index is 12.0. The molecule has 0 spiro atoms. The van der Waals surface area contributed by atoms with Crippen LogP contribution in [-0.2, 0) is 14.3 Å². The number of ether oxygens (including phenoxy) is 2. The van der Waals surface area contributed by atoms with Gasteiger partial charge in [-0.1, -0.05) is 6.92 Å². The summed E-state index contributed by atoms with van der Waals surface area (Å²) in [7, 11) is 0. The molecule has 2 atom stereocenters. The number of hydrogen-bond acceptors (Lipinski definition) is 4. The Bertz CT molecular complexity index is 238. The van der Waals surface area contributed by atoms with E-state index in [4.69, 9.17) is 9.47 Å². The van der Waals surface area contributed by atoms with E-state index < -0.39 is 0 Å². The van der Waals surface area contributed by atoms with Crippen LogP contribution in [0.1, 0.15) is 32.6 Å². The Balaban J connectivity index is 1.81. The molecule has 2 aliphatic rings. The minimum atomic E-state index is -0.100. The maximum Gasteiger partial charge on any atom is 0.323 e. The van der Waals surface area contributed by atoms with Crippen LogP contribution in [0.5, 0.6) is 0 Å². The van der Waals surface area contributed by atoms with Crippen molar-refractivity contribution >= 4 is 5.97 Å². The van der Waals surface area contributed by atoms with Gasteiger partial charge in [0.25, 0.3) is 0 Å². The zero-order chi connectivity index (χ0) is 11.4. The summed E-state index contributed by atoms with van der Waals surface area (Å²) in [5, 5.41) is 3.25. The highest BCUT2D eigenvalue weighted by Crippen LogP contribution is 2.19. The second-order valence-electron chi connectivity index (χ2n) is 4.80. The summed E-state index contributed by atoms with van der Waals surface area (Å²) in [4.78, 5) is 12.0. The molecule has 0 aromatic heterocycles. The average molecular weight is 227 g/mol. The fourth-order valence-electron chi connectivity index (χ4n) is 2.40. The third-order valence-corrected chi connectivity index (χ3v) is 3.47. The van der Waals surface area contributed by atoms with Crippen molar-refractivity contribution in [1.29, 1.82) is 0 Å². The van der Waals surface area contributed by atoms with Crippen LogP contribution in [0.2, 0.25) is 0 Å². The molecule has 4 nitrogen and oxygen atoms in total. The molecule has 2 heterocycles. The number of piperidine rings is 1. The predicted molar refractivity (Wildman–Crippen MR) is 60.1 cm³/mol. The van der Waals surface area contributed by atoms with Gasteiger partial charge in [0.1, 0.15) is 12.1 Å². The molecular weight excluding hydrogens is 206 g/mol. The van der Waals surface area contributed by atoms with E-state index in [0.717, 1.165) is 32.2 Å². The van der Waals surface area contributed by atoms with Gasteiger partial charge in [-0.15, -0.1) is 0 Å². The molecule has 16 heavy (non-hydrogen) atoms. The highest BCUT2D eigenvalue weighted by atomic mass is 16.6. The van der Waals surface area contributed by atoms with E-state index in [1.165, 1.54) is 0 Å². The number of esters is 1. The third-order valence-electron chi connectivity index (χ3n) is 3.47. The molecular formula is C12H21NO3. The first-order valence-electron chi connectivity index (χ1n) is 6.29. The lowest BCUT2D eigenvalue weighted by Gasteiger charge is -2.30. The first-order valence-corrected chi connectivity index (χ1v) is 6.29. The van der Waals surface area contributed by atoms with Crippen LogP contribution in [0.3, 0.4) is 0 Å². The quantitative estimate of drug-likeness (QED) is 0.718. The summed E-state index contributed by atoms with van der Waals surface area (Å²) in [5.41, 5.74) is 0. The second-order valence-corrected chi connectivity index (χ2v) is 4.80. The average Bonchev–Trinajstić information content (AvgIpc) is 2.31. The normalized spacial score (nSPS) is 32.3. The number of rotatable bonds is 2. The van der Waals surface area contributed by atoms with Crippen molar-refractivity contribution in [2.75, 3.05) is 19.8 Å². The smallest absolute Gasteiger partial charge is 0.323 e. The second kappa shape index (κ2) is 5.64. The van der Waals surface area contributed by atoms with Crippen molar-refractivity contribution in [2.24, 2.45) is 5.92 Å². The van der Waals surface area contributed by atoms with E-state index in [9.17, 15) is 4.79 Å². The van der Waals surface area contributed by atoms with Crippen LogP contribution in [0.4, 0.5) is 0 Å². The fourth-order valence-corrected chi connectivity index (χ4v) is 2.40. The van der Waals surface area contributed by atoms with Crippen LogP contribution < -0.4 is 5.32 Å². The molecule has 0 aromatic carbocycles. The molecule has 92 valence electrons. The molecule has 2 rings (SSSR count). The monoisotopic (exact) mass is 227 g/mol. The summed E-state index contributed by atoms with van der Waals surface area (Å²) in [6, 6.07) is -0.100. The largest absolute Gasteiger partial charge is 0.461 e. The molecule has 2 saturated heterocycles. The van der Waals surface area contributed by atoms with Gasteiger partial charge in [-0.2, -0.15) is 0 Å². The third kappa shape index (κ3) is 2.95. The zero-order valence-corrected chi connectivity index (χ0v) is 9.91. The molecule has 0 aromatic rings. The standard InChI is InChI=1S/C12H21NO3/c1-9-3-2-6-13-11(9)12(14)16-10-4-7-15-8-5-10/h9-11,13H,2-8H2,1H3. The molecule has 0 bridgehead atoms. The van der Waals surface area contributed by atoms with Gasteiger partial charge in [-0.05, 0) is 25.3 Å². The number of carbonyl (C=O) groups is 1. The first-order chi connectivity index (χ1) is 7.77. The van der Waals surface area contributed by atoms with Crippen molar-refractivity contribution in [3.05, 3.63) is 0 Å². The molecule has 4 heteroatoms. The topological polar surface area (TPSA) is 47.6 Å². The summed E-state index contributed by atoms with van der Waals surface area (Å²) in [5.74, 6) is 0.320. The van der Waals surface area contributed by atoms with Gasteiger partial charge >= 0.3 is 5.97 Å². The zero-order valence-electron chi connectivity index (χ0n) is 9.91. The summed E-state index contributed by atoms with van der Waals surface area (Å²) in [6.45, 7) is 4.47. The van der Waals surface area contributed by atoms with Gasteiger partial charge in [0.15, 0.2) is 0 Å². The van der Waals surface area contributed by atoms with E-state index in [1.807, 2.05) is 0 Å². The minimum Gasteiger partial charge on any atom is -0.461 e. The Morgan fingerprint density at radius 3 is 2.75 bits per heavy atom. The Kier molecular flexibility index (Phi) is 4.18. The van der Waals surface area contributed by atoms with Crippen LogP contribution >= 0.6 is 0 Å². The fraction of sp³-hybridized carbons (Fsp3) is 0.917. The van der Waals surface area contributed by atoms with E-state index in [2.05, 4.69) is 12.2 Å². The predicted octanol–water partition coefficient (Wildman–Crippen LogP) is 1.10. The Hall–Kier alpha value is -0.610. The molecule has 0 amide bonds. The lowest BCUT2D eigenvalue weighted by atomic mass is 9.93. The van der Waals surface area contributed by atoms with Gasteiger partial charge < -0.3 is 14.8 Å². The van der Waals surface area contributed by atoms with Crippen LogP contribution in [0, 0.1) is 5.92 Å². The van der Waals surface area contributed by atoms with Gasteiger partial charge in [-0.25, -0.2) is 0 Å². The number of hydrogen-bond donors (Lipinski definition) is 1. The van der Waals surface area contributed by atoms with Crippen molar-refractivity contribution < 1.29 is 14.3 Å². The van der Waals surface area contributed by atoms with Crippen molar-refractivity contribution in [2.45, 2.75) is 44.8 Å². The Morgan fingerprint density at radius 1 is 1.31 bits per heavy atom. The van der Waals surface area contributed by atoms with Crippen molar-refractivity contribution in [3.8, 4) is 0 Å². The van der Waals surface area contributed by atoms with E-state index in [1.54, 1.807) is 0 Å². The minimum absolute atomic E-state index is 0.0668. The molecule has 0 aliphatic carbocycles. The molecule has 0 saturated carbocycles. The van der Waals surface area contributed by atoms with Crippen molar-refractivity contribution in [1.82, 2.24) is 5.32 Å². The highest BCUT2D eigenvalue weighted by Gasteiger charge is 2.30. The number of carbonyl (C=O) groups excluding carboxylic acids is 1. The molecule has 2 unspecified atom stereocenters. The first kappa shape index (κ1) is 11.9. The lowest BCUT2D eigenvalue weighted by Crippen LogP contribution is -2.47. The van der Waals surface area contributed by atoms with Gasteiger partial charge in [-0.3, -0.25) is 4.79 Å². The Labute approximate surface area is 96.7 Å². The van der Waals surface area contributed by atoms with Gasteiger partial charge in [0, 0.05) is 12.8 Å². The van der Waals surface area contributed by atoms with Gasteiger partial charge in [0.2, 0.25) is 0 Å². The highest BCUT2D eigenvalue weighted by molar-refractivity contribution is 5.76. The molecule has 0 radical (unpaired) electrons. The van der Waals surface area contributed by atoms with Crippen LogP contribution in [0.15, 0.2) is 0 Å². The van der Waals surface area contributed by atoms with E-state index in [0.29, 0.717) is 19.1 Å². The van der Waals surface area contributed by atoms with Crippen LogP contribution in [-0.4, -0.2) is 37.9 Å². The number of nitrogens with one attached hydrogen (secondary N) is 1. The van der Waals surface area contributed by atoms with Crippen molar-refractivity contribution in [3.63, 3.8) is 0 Å². The molecule has 2 fully saturated rings.